The maximum Gasteiger partial charge on any atom is 0.490 e. The fraction of sp³-hybridized carbons (Fsp3) is 0.750. The van der Waals surface area contributed by atoms with Crippen LogP contribution in [-0.4, -0.2) is 36.3 Å². The van der Waals surface area contributed by atoms with Crippen molar-refractivity contribution >= 4 is 7.12 Å². The van der Waals surface area contributed by atoms with Gasteiger partial charge >= 0.3 is 7.12 Å². The van der Waals surface area contributed by atoms with Crippen LogP contribution in [0.3, 0.4) is 0 Å². The zero-order valence-electron chi connectivity index (χ0n) is 14.0. The Labute approximate surface area is 128 Å². The molecule has 1 atom stereocenters. The number of aliphatic hydroxyl groups excluding tert-OH is 1. The largest absolute Gasteiger partial charge is 0.490 e. The van der Waals surface area contributed by atoms with E-state index in [-0.39, 0.29) is 18.3 Å². The molecule has 5 heteroatoms. The van der Waals surface area contributed by atoms with Crippen molar-refractivity contribution in [3.63, 3.8) is 0 Å². The molecule has 1 saturated heterocycles. The molecule has 0 radical (unpaired) electrons. The summed E-state index contributed by atoms with van der Waals surface area (Å²) in [5.41, 5.74) is 2.50. The van der Waals surface area contributed by atoms with Crippen LogP contribution < -0.4 is 0 Å². The first-order valence-corrected chi connectivity index (χ1v) is 7.73. The number of hydrogen-bond acceptors (Lipinski definition) is 4. The Morgan fingerprint density at radius 3 is 2.29 bits per heavy atom. The third-order valence-electron chi connectivity index (χ3n) is 4.77. The molecule has 1 fully saturated rings. The van der Waals surface area contributed by atoms with Crippen molar-refractivity contribution in [3.8, 4) is 0 Å². The van der Waals surface area contributed by atoms with E-state index in [1.807, 2.05) is 13.8 Å². The fourth-order valence-corrected chi connectivity index (χ4v) is 2.68. The maximum atomic E-state index is 9.99. The van der Waals surface area contributed by atoms with Crippen LogP contribution in [0.2, 0.25) is 0 Å². The average Bonchev–Trinajstić information content (AvgIpc) is 2.58. The predicted molar refractivity (Wildman–Crippen MR) is 83.7 cm³/mol. The standard InChI is InChI=1S/C16H27BO4/c1-7-19-14(18)13-9-8-12(10-11(13)2)17-20-15(3,4)16(5,6)21-17/h10,14,18H,7-9H2,1-6H3. The van der Waals surface area contributed by atoms with E-state index in [4.69, 9.17) is 14.0 Å². The molecule has 21 heavy (non-hydrogen) atoms. The summed E-state index contributed by atoms with van der Waals surface area (Å²) >= 11 is 0. The second-order valence-corrected chi connectivity index (χ2v) is 6.82. The average molecular weight is 294 g/mol. The topological polar surface area (TPSA) is 47.9 Å². The van der Waals surface area contributed by atoms with E-state index in [0.29, 0.717) is 6.61 Å². The van der Waals surface area contributed by atoms with Crippen LogP contribution in [0.15, 0.2) is 22.7 Å². The van der Waals surface area contributed by atoms with E-state index in [1.54, 1.807) is 0 Å². The van der Waals surface area contributed by atoms with Crippen LogP contribution in [0.5, 0.6) is 0 Å². The smallest absolute Gasteiger partial charge is 0.400 e. The Hall–Kier alpha value is -0.615. The number of allylic oxidation sites excluding steroid dienone is 3. The molecule has 1 N–H and O–H groups in total. The molecule has 1 aliphatic heterocycles. The molecule has 1 heterocycles. The van der Waals surface area contributed by atoms with Gasteiger partial charge in [0, 0.05) is 6.61 Å². The van der Waals surface area contributed by atoms with E-state index in [9.17, 15) is 5.11 Å². The van der Waals surface area contributed by atoms with Crippen LogP contribution in [-0.2, 0) is 14.0 Å². The highest BCUT2D eigenvalue weighted by Gasteiger charge is 2.52. The van der Waals surface area contributed by atoms with Crippen LogP contribution in [0.4, 0.5) is 0 Å². The fourth-order valence-electron chi connectivity index (χ4n) is 2.68. The number of rotatable bonds is 4. The van der Waals surface area contributed by atoms with Gasteiger partial charge < -0.3 is 19.2 Å². The molecule has 0 aromatic heterocycles. The molecule has 2 aliphatic rings. The minimum atomic E-state index is -0.800. The lowest BCUT2D eigenvalue weighted by atomic mass is 9.71. The first-order chi connectivity index (χ1) is 9.68. The molecule has 0 saturated carbocycles. The van der Waals surface area contributed by atoms with Crippen LogP contribution in [0.1, 0.15) is 54.4 Å². The van der Waals surface area contributed by atoms with Crippen LogP contribution in [0.25, 0.3) is 0 Å². The summed E-state index contributed by atoms with van der Waals surface area (Å²) in [5.74, 6) is 0. The molecule has 1 aliphatic carbocycles. The highest BCUT2D eigenvalue weighted by molar-refractivity contribution is 6.54. The van der Waals surface area contributed by atoms with Gasteiger partial charge in [-0.15, -0.1) is 0 Å². The van der Waals surface area contributed by atoms with Crippen molar-refractivity contribution in [2.24, 2.45) is 0 Å². The Kier molecular flexibility index (Phi) is 4.69. The number of ether oxygens (including phenoxy) is 1. The van der Waals surface area contributed by atoms with E-state index in [0.717, 1.165) is 29.5 Å². The molecule has 1 unspecified atom stereocenters. The van der Waals surface area contributed by atoms with Crippen LogP contribution in [0, 0.1) is 0 Å². The van der Waals surface area contributed by atoms with E-state index < -0.39 is 6.29 Å². The summed E-state index contributed by atoms with van der Waals surface area (Å²) in [5, 5.41) is 9.99. The molecule has 0 amide bonds. The van der Waals surface area contributed by atoms with Crippen molar-refractivity contribution < 1.29 is 19.2 Å². The van der Waals surface area contributed by atoms with E-state index in [1.165, 1.54) is 0 Å². The van der Waals surface area contributed by atoms with Crippen molar-refractivity contribution in [3.05, 3.63) is 22.7 Å². The summed E-state index contributed by atoms with van der Waals surface area (Å²) in [4.78, 5) is 0. The third-order valence-corrected chi connectivity index (χ3v) is 4.77. The lowest BCUT2D eigenvalue weighted by molar-refractivity contribution is -0.0695. The van der Waals surface area contributed by atoms with Gasteiger partial charge in [-0.1, -0.05) is 6.08 Å². The first kappa shape index (κ1) is 16.8. The van der Waals surface area contributed by atoms with Crippen molar-refractivity contribution in [1.29, 1.82) is 0 Å². The normalized spacial score (nSPS) is 26.0. The SMILES string of the molecule is CCOC(O)C1=C(C)C=C(B2OC(C)(C)C(C)(C)O2)CC1. The van der Waals surface area contributed by atoms with Gasteiger partial charge in [0.1, 0.15) is 0 Å². The quantitative estimate of drug-likeness (QED) is 0.639. The van der Waals surface area contributed by atoms with Gasteiger partial charge in [-0.25, -0.2) is 0 Å². The molecule has 0 bridgehead atoms. The number of aliphatic hydroxyl groups is 1. The lowest BCUT2D eigenvalue weighted by Gasteiger charge is -2.32. The molecule has 118 valence electrons. The van der Waals surface area contributed by atoms with E-state index >= 15 is 0 Å². The van der Waals surface area contributed by atoms with Gasteiger partial charge in [0.05, 0.1) is 11.2 Å². The second kappa shape index (κ2) is 5.88. The van der Waals surface area contributed by atoms with Gasteiger partial charge in [0.15, 0.2) is 6.29 Å². The van der Waals surface area contributed by atoms with E-state index in [2.05, 4.69) is 33.8 Å². The first-order valence-electron chi connectivity index (χ1n) is 7.73. The highest BCUT2D eigenvalue weighted by Crippen LogP contribution is 2.40. The van der Waals surface area contributed by atoms with Gasteiger partial charge in [-0.05, 0) is 71.0 Å². The minimum Gasteiger partial charge on any atom is -0.400 e. The van der Waals surface area contributed by atoms with Crippen LogP contribution >= 0.6 is 0 Å². The predicted octanol–water partition coefficient (Wildman–Crippen LogP) is 3.01. The molecule has 4 nitrogen and oxygen atoms in total. The monoisotopic (exact) mass is 294 g/mol. The lowest BCUT2D eigenvalue weighted by Crippen LogP contribution is -2.41. The molecule has 0 spiro atoms. The van der Waals surface area contributed by atoms with Gasteiger partial charge in [-0.3, -0.25) is 0 Å². The Bertz CT molecular complexity index is 449. The summed E-state index contributed by atoms with van der Waals surface area (Å²) < 4.78 is 17.5. The van der Waals surface area contributed by atoms with Crippen molar-refractivity contribution in [1.82, 2.24) is 0 Å². The van der Waals surface area contributed by atoms with Crippen molar-refractivity contribution in [2.75, 3.05) is 6.61 Å². The Morgan fingerprint density at radius 2 is 1.81 bits per heavy atom. The molecular formula is C16H27BO4. The summed E-state index contributed by atoms with van der Waals surface area (Å²) in [6.07, 6.45) is 2.88. The summed E-state index contributed by atoms with van der Waals surface area (Å²) in [6, 6.07) is 0. The number of hydrogen-bond donors (Lipinski definition) is 1. The second-order valence-electron chi connectivity index (χ2n) is 6.82. The Balaban J connectivity index is 2.16. The minimum absolute atomic E-state index is 0.296. The molecule has 0 aromatic rings. The van der Waals surface area contributed by atoms with Gasteiger partial charge in [0.2, 0.25) is 0 Å². The summed E-state index contributed by atoms with van der Waals surface area (Å²) in [6.45, 7) is 12.6. The molecule has 2 rings (SSSR count). The molecule has 0 aromatic carbocycles. The zero-order valence-corrected chi connectivity index (χ0v) is 14.0. The molecular weight excluding hydrogens is 267 g/mol. The van der Waals surface area contributed by atoms with Crippen molar-refractivity contribution in [2.45, 2.75) is 71.9 Å². The van der Waals surface area contributed by atoms with Gasteiger partial charge in [0.25, 0.3) is 0 Å². The Morgan fingerprint density at radius 1 is 1.24 bits per heavy atom. The zero-order chi connectivity index (χ0) is 15.8. The van der Waals surface area contributed by atoms with Gasteiger partial charge in [-0.2, -0.15) is 0 Å². The maximum absolute atomic E-state index is 9.99. The summed E-state index contributed by atoms with van der Waals surface area (Å²) in [7, 11) is -0.296. The third kappa shape index (κ3) is 3.26. The highest BCUT2D eigenvalue weighted by atomic mass is 16.7.